The van der Waals surface area contributed by atoms with Crippen molar-refractivity contribution in [2.45, 2.75) is 18.2 Å². The summed E-state index contributed by atoms with van der Waals surface area (Å²) in [4.78, 5) is 14.6. The van der Waals surface area contributed by atoms with E-state index >= 15 is 0 Å². The fraction of sp³-hybridized carbons (Fsp3) is 0.296. The third-order valence-corrected chi connectivity index (χ3v) is 8.15. The van der Waals surface area contributed by atoms with Crippen molar-refractivity contribution in [2.24, 2.45) is 0 Å². The molecule has 4 rings (SSSR count). The molecule has 1 atom stereocenters. The number of likely N-dealkylation sites (tertiary alicyclic amines) is 1. The van der Waals surface area contributed by atoms with Gasteiger partial charge in [-0.1, -0.05) is 47.5 Å². The van der Waals surface area contributed by atoms with Crippen molar-refractivity contribution in [2.75, 3.05) is 36.8 Å². The van der Waals surface area contributed by atoms with Crippen molar-refractivity contribution in [1.29, 1.82) is 0 Å². The highest BCUT2D eigenvalue weighted by Gasteiger charge is 2.41. The van der Waals surface area contributed by atoms with Gasteiger partial charge in [-0.15, -0.1) is 0 Å². The number of nitrogens with one attached hydrogen (secondary N) is 1. The van der Waals surface area contributed by atoms with Crippen LogP contribution in [-0.2, 0) is 10.0 Å². The standard InChI is InChI=1S/C27H28Cl2FN3O5S/c1-39(37,38)33(23-11-19(10-22(30)12-23)27(36)31-13-25(35)16-34)24-14-32(15-24)26(17-2-6-20(28)7-3-17)18-4-8-21(29)9-5-18/h2-12,24-26,34-35H,13-16H2,1H3,(H,31,36). The van der Waals surface area contributed by atoms with Crippen LogP contribution in [0.3, 0.4) is 0 Å². The Balaban J connectivity index is 1.60. The average Bonchev–Trinajstić information content (AvgIpc) is 2.86. The molecule has 1 heterocycles. The molecule has 3 aromatic rings. The molecule has 1 unspecified atom stereocenters. The van der Waals surface area contributed by atoms with Crippen LogP contribution in [0.4, 0.5) is 10.1 Å². The summed E-state index contributed by atoms with van der Waals surface area (Å²) in [5, 5.41) is 22.0. The topological polar surface area (TPSA) is 110 Å². The fourth-order valence-corrected chi connectivity index (χ4v) is 6.05. The molecular weight excluding hydrogens is 568 g/mol. The van der Waals surface area contributed by atoms with E-state index in [1.807, 2.05) is 24.3 Å². The van der Waals surface area contributed by atoms with Gasteiger partial charge in [0.15, 0.2) is 0 Å². The molecule has 3 N–H and O–H groups in total. The first-order valence-corrected chi connectivity index (χ1v) is 14.7. The van der Waals surface area contributed by atoms with Crippen molar-refractivity contribution in [3.8, 4) is 0 Å². The summed E-state index contributed by atoms with van der Waals surface area (Å²) in [6.07, 6.45) is -0.141. The first-order valence-electron chi connectivity index (χ1n) is 12.1. The maximum Gasteiger partial charge on any atom is 0.251 e. The Morgan fingerprint density at radius 2 is 1.59 bits per heavy atom. The van der Waals surface area contributed by atoms with E-state index in [1.54, 1.807) is 24.3 Å². The van der Waals surface area contributed by atoms with Crippen LogP contribution in [0, 0.1) is 5.82 Å². The van der Waals surface area contributed by atoms with Crippen LogP contribution < -0.4 is 9.62 Å². The average molecular weight is 597 g/mol. The summed E-state index contributed by atoms with van der Waals surface area (Å²) in [5.74, 6) is -1.50. The molecule has 1 aliphatic rings. The van der Waals surface area contributed by atoms with E-state index in [4.69, 9.17) is 28.3 Å². The van der Waals surface area contributed by atoms with Crippen LogP contribution >= 0.6 is 23.2 Å². The van der Waals surface area contributed by atoms with E-state index in [0.717, 1.165) is 33.8 Å². The Kier molecular flexibility index (Phi) is 9.15. The number of nitrogens with zero attached hydrogens (tertiary/aromatic N) is 2. The monoisotopic (exact) mass is 595 g/mol. The first kappa shape index (κ1) is 29.3. The Hall–Kier alpha value is -2.73. The number of amides is 1. The van der Waals surface area contributed by atoms with Gasteiger partial charge in [0.05, 0.1) is 36.7 Å². The summed E-state index contributed by atoms with van der Waals surface area (Å²) in [5.41, 5.74) is 1.83. The fourth-order valence-electron chi connectivity index (χ4n) is 4.63. The van der Waals surface area contributed by atoms with E-state index in [2.05, 4.69) is 10.2 Å². The molecule has 1 amide bonds. The SMILES string of the molecule is CS(=O)(=O)N(c1cc(F)cc(C(=O)NCC(O)CO)c1)C1CN(C(c2ccc(Cl)cc2)c2ccc(Cl)cc2)C1. The highest BCUT2D eigenvalue weighted by Crippen LogP contribution is 2.37. The van der Waals surface area contributed by atoms with Crippen LogP contribution in [0.5, 0.6) is 0 Å². The molecule has 0 saturated carbocycles. The van der Waals surface area contributed by atoms with Gasteiger partial charge < -0.3 is 15.5 Å². The van der Waals surface area contributed by atoms with Crippen LogP contribution in [-0.4, -0.2) is 74.1 Å². The molecule has 0 bridgehead atoms. The summed E-state index contributed by atoms with van der Waals surface area (Å²) >= 11 is 12.2. The Labute approximate surface area is 236 Å². The number of benzene rings is 3. The number of anilines is 1. The van der Waals surface area contributed by atoms with Gasteiger partial charge in [0.25, 0.3) is 5.91 Å². The molecule has 0 spiro atoms. The van der Waals surface area contributed by atoms with Gasteiger partial charge >= 0.3 is 0 Å². The minimum absolute atomic E-state index is 0.0181. The molecule has 0 aromatic heterocycles. The highest BCUT2D eigenvalue weighted by molar-refractivity contribution is 7.92. The van der Waals surface area contributed by atoms with Crippen LogP contribution in [0.25, 0.3) is 0 Å². The lowest BCUT2D eigenvalue weighted by atomic mass is 9.93. The zero-order valence-electron chi connectivity index (χ0n) is 21.0. The maximum atomic E-state index is 14.6. The molecule has 1 fully saturated rings. The summed E-state index contributed by atoms with van der Waals surface area (Å²) < 4.78 is 41.5. The smallest absolute Gasteiger partial charge is 0.251 e. The molecule has 208 valence electrons. The second-order valence-corrected chi connectivity index (χ2v) is 12.1. The number of aliphatic hydroxyl groups excluding tert-OH is 2. The maximum absolute atomic E-state index is 14.6. The number of hydrogen-bond donors (Lipinski definition) is 3. The van der Waals surface area contributed by atoms with Gasteiger partial charge in [-0.25, -0.2) is 12.8 Å². The van der Waals surface area contributed by atoms with Gasteiger partial charge in [0, 0.05) is 35.2 Å². The van der Waals surface area contributed by atoms with Crippen molar-refractivity contribution in [3.05, 3.63) is 99.3 Å². The second kappa shape index (κ2) is 12.2. The van der Waals surface area contributed by atoms with Gasteiger partial charge in [-0.2, -0.15) is 0 Å². The van der Waals surface area contributed by atoms with E-state index in [1.165, 1.54) is 6.07 Å². The molecule has 1 saturated heterocycles. The Morgan fingerprint density at radius 3 is 2.08 bits per heavy atom. The normalized spacial score (nSPS) is 15.2. The molecule has 3 aromatic carbocycles. The predicted molar refractivity (Wildman–Crippen MR) is 149 cm³/mol. The first-order chi connectivity index (χ1) is 18.5. The van der Waals surface area contributed by atoms with Gasteiger partial charge in [-0.05, 0) is 53.6 Å². The third-order valence-electron chi connectivity index (χ3n) is 6.42. The lowest BCUT2D eigenvalue weighted by Crippen LogP contribution is -2.61. The van der Waals surface area contributed by atoms with Gasteiger partial charge in [0.1, 0.15) is 5.82 Å². The number of sulfonamides is 1. The summed E-state index contributed by atoms with van der Waals surface area (Å²) in [6.45, 7) is -0.124. The van der Waals surface area contributed by atoms with Crippen molar-refractivity contribution in [1.82, 2.24) is 10.2 Å². The minimum Gasteiger partial charge on any atom is -0.394 e. The van der Waals surface area contributed by atoms with E-state index in [9.17, 15) is 22.7 Å². The summed E-state index contributed by atoms with van der Waals surface area (Å²) in [7, 11) is -3.86. The van der Waals surface area contributed by atoms with E-state index in [0.29, 0.717) is 23.1 Å². The quantitative estimate of drug-likeness (QED) is 0.331. The zero-order valence-corrected chi connectivity index (χ0v) is 23.3. The molecule has 0 aliphatic carbocycles. The Bertz CT molecular complexity index is 1370. The molecular formula is C27H28Cl2FN3O5S. The van der Waals surface area contributed by atoms with E-state index in [-0.39, 0.29) is 23.8 Å². The van der Waals surface area contributed by atoms with Gasteiger partial charge in [-0.3, -0.25) is 14.0 Å². The minimum atomic E-state index is -3.86. The lowest BCUT2D eigenvalue weighted by molar-refractivity contribution is 0.0801. The number of hydrogen-bond acceptors (Lipinski definition) is 6. The molecule has 0 radical (unpaired) electrons. The number of rotatable bonds is 10. The van der Waals surface area contributed by atoms with Crippen LogP contribution in [0.2, 0.25) is 10.0 Å². The lowest BCUT2D eigenvalue weighted by Gasteiger charge is -2.48. The van der Waals surface area contributed by atoms with Crippen molar-refractivity contribution in [3.63, 3.8) is 0 Å². The molecule has 8 nitrogen and oxygen atoms in total. The molecule has 39 heavy (non-hydrogen) atoms. The largest absolute Gasteiger partial charge is 0.394 e. The van der Waals surface area contributed by atoms with Crippen molar-refractivity contribution >= 4 is 44.8 Å². The van der Waals surface area contributed by atoms with E-state index < -0.39 is 40.5 Å². The second-order valence-electron chi connectivity index (χ2n) is 9.42. The van der Waals surface area contributed by atoms with Gasteiger partial charge in [0.2, 0.25) is 10.0 Å². The summed E-state index contributed by atoms with van der Waals surface area (Å²) in [6, 6.07) is 17.4. The number of carbonyl (C=O) groups excluding carboxylic acids is 1. The van der Waals surface area contributed by atoms with Crippen LogP contribution in [0.1, 0.15) is 27.5 Å². The van der Waals surface area contributed by atoms with Crippen molar-refractivity contribution < 1.29 is 27.8 Å². The van der Waals surface area contributed by atoms with Crippen LogP contribution in [0.15, 0.2) is 66.7 Å². The molecule has 12 heteroatoms. The third kappa shape index (κ3) is 7.08. The highest BCUT2D eigenvalue weighted by atomic mass is 35.5. The predicted octanol–water partition coefficient (Wildman–Crippen LogP) is 3.46. The Morgan fingerprint density at radius 1 is 1.05 bits per heavy atom. The number of aliphatic hydroxyl groups is 2. The zero-order chi connectivity index (χ0) is 28.3. The number of halogens is 3. The molecule has 1 aliphatic heterocycles. The number of carbonyl (C=O) groups is 1.